The smallest absolute Gasteiger partial charge is 0.119 e. The van der Waals surface area contributed by atoms with E-state index < -0.39 is 0 Å². The number of nitrogens with one attached hydrogen (secondary N) is 1. The molecule has 1 aromatic carbocycles. The van der Waals surface area contributed by atoms with Gasteiger partial charge in [0, 0.05) is 18.9 Å². The lowest BCUT2D eigenvalue weighted by Gasteiger charge is -2.07. The highest BCUT2D eigenvalue weighted by Gasteiger charge is 1.97. The molecule has 2 aromatic rings. The average molecular weight is 254 g/mol. The van der Waals surface area contributed by atoms with Crippen molar-refractivity contribution in [3.05, 3.63) is 66.8 Å². The van der Waals surface area contributed by atoms with Crippen molar-refractivity contribution in [3.63, 3.8) is 0 Å². The molecule has 3 heteroatoms. The first-order valence-electron chi connectivity index (χ1n) is 6.40. The number of rotatable bonds is 7. The maximum atomic E-state index is 5.70. The van der Waals surface area contributed by atoms with Crippen LogP contribution in [0.25, 0.3) is 0 Å². The number of hydrogen-bond donors (Lipinski definition) is 1. The monoisotopic (exact) mass is 254 g/mol. The quantitative estimate of drug-likeness (QED) is 0.771. The lowest BCUT2D eigenvalue weighted by molar-refractivity contribution is 0.306. The van der Waals surface area contributed by atoms with Crippen molar-refractivity contribution in [2.45, 2.75) is 19.6 Å². The number of aromatic nitrogens is 1. The molecule has 0 aliphatic carbocycles. The van der Waals surface area contributed by atoms with E-state index in [-0.39, 0.29) is 0 Å². The fraction of sp³-hybridized carbons (Fsp3) is 0.250. The minimum atomic E-state index is 0.563. The van der Waals surface area contributed by atoms with Crippen molar-refractivity contribution in [1.82, 2.24) is 10.3 Å². The second-order valence-corrected chi connectivity index (χ2v) is 4.25. The van der Waals surface area contributed by atoms with Gasteiger partial charge in [0.2, 0.25) is 0 Å². The van der Waals surface area contributed by atoms with Crippen molar-refractivity contribution in [1.29, 1.82) is 0 Å². The van der Waals surface area contributed by atoms with Crippen LogP contribution >= 0.6 is 0 Å². The zero-order valence-electron chi connectivity index (χ0n) is 10.9. The highest BCUT2D eigenvalue weighted by atomic mass is 16.5. The van der Waals surface area contributed by atoms with Gasteiger partial charge in [0.25, 0.3) is 0 Å². The average Bonchev–Trinajstić information content (AvgIpc) is 2.48. The van der Waals surface area contributed by atoms with E-state index in [0.717, 1.165) is 24.4 Å². The SMILES string of the molecule is [CH]CCNCc1ccc(OCc2ccncc2)cc1. The van der Waals surface area contributed by atoms with Gasteiger partial charge >= 0.3 is 0 Å². The molecule has 2 radical (unpaired) electrons. The molecule has 98 valence electrons. The van der Waals surface area contributed by atoms with Crippen LogP contribution in [0.15, 0.2) is 48.8 Å². The predicted octanol–water partition coefficient (Wildman–Crippen LogP) is 2.85. The van der Waals surface area contributed by atoms with E-state index in [0.29, 0.717) is 13.0 Å². The Bertz CT molecular complexity index is 468. The second kappa shape index (κ2) is 7.54. The van der Waals surface area contributed by atoms with Gasteiger partial charge in [-0.2, -0.15) is 0 Å². The van der Waals surface area contributed by atoms with Crippen LogP contribution in [-0.4, -0.2) is 11.5 Å². The summed E-state index contributed by atoms with van der Waals surface area (Å²) in [6, 6.07) is 12.0. The Morgan fingerprint density at radius 3 is 2.42 bits per heavy atom. The number of pyridine rings is 1. The molecule has 0 saturated carbocycles. The van der Waals surface area contributed by atoms with Gasteiger partial charge in [-0.3, -0.25) is 4.98 Å². The highest BCUT2D eigenvalue weighted by molar-refractivity contribution is 5.27. The molecule has 0 spiro atoms. The molecule has 0 saturated heterocycles. The molecule has 0 unspecified atom stereocenters. The molecule has 0 bridgehead atoms. The largest absolute Gasteiger partial charge is 0.489 e. The van der Waals surface area contributed by atoms with Gasteiger partial charge in [-0.25, -0.2) is 0 Å². The maximum absolute atomic E-state index is 5.70. The third-order valence-electron chi connectivity index (χ3n) is 2.73. The Kier molecular flexibility index (Phi) is 5.38. The standard InChI is InChI=1S/C16H18N2O/c1-2-9-18-12-14-3-5-16(6-4-14)19-13-15-7-10-17-11-8-15/h1,3-8,10-11,18H,2,9,12-13H2. The molecule has 0 aliphatic rings. The molecule has 3 nitrogen and oxygen atoms in total. The normalized spacial score (nSPS) is 10.4. The Morgan fingerprint density at radius 2 is 1.74 bits per heavy atom. The van der Waals surface area contributed by atoms with Crippen molar-refractivity contribution < 1.29 is 4.74 Å². The number of nitrogens with zero attached hydrogens (tertiary/aromatic N) is 1. The summed E-state index contributed by atoms with van der Waals surface area (Å²) in [7, 11) is 0. The number of benzene rings is 1. The molecule has 0 aliphatic heterocycles. The Balaban J connectivity index is 1.81. The van der Waals surface area contributed by atoms with E-state index in [1.165, 1.54) is 5.56 Å². The topological polar surface area (TPSA) is 34.1 Å². The van der Waals surface area contributed by atoms with Gasteiger partial charge in [-0.15, -0.1) is 0 Å². The second-order valence-electron chi connectivity index (χ2n) is 4.25. The summed E-state index contributed by atoms with van der Waals surface area (Å²) in [5.74, 6) is 0.874. The fourth-order valence-corrected chi connectivity index (χ4v) is 1.68. The summed E-state index contributed by atoms with van der Waals surface area (Å²) >= 11 is 0. The molecule has 0 amide bonds. The lowest BCUT2D eigenvalue weighted by Crippen LogP contribution is -2.13. The fourth-order valence-electron chi connectivity index (χ4n) is 1.68. The van der Waals surface area contributed by atoms with E-state index in [1.807, 2.05) is 24.3 Å². The molecular weight excluding hydrogens is 236 g/mol. The van der Waals surface area contributed by atoms with Crippen LogP contribution in [-0.2, 0) is 13.2 Å². The first kappa shape index (κ1) is 13.6. The summed E-state index contributed by atoms with van der Waals surface area (Å²) in [6.45, 7) is 7.66. The molecule has 2 rings (SSSR count). The van der Waals surface area contributed by atoms with Crippen molar-refractivity contribution in [3.8, 4) is 5.75 Å². The first-order chi connectivity index (χ1) is 9.38. The van der Waals surface area contributed by atoms with Crippen LogP contribution in [0.3, 0.4) is 0 Å². The van der Waals surface area contributed by atoms with Crippen LogP contribution in [0, 0.1) is 6.92 Å². The van der Waals surface area contributed by atoms with Crippen LogP contribution in [0.5, 0.6) is 5.75 Å². The summed E-state index contributed by atoms with van der Waals surface area (Å²) in [4.78, 5) is 3.98. The summed E-state index contributed by atoms with van der Waals surface area (Å²) in [6.07, 6.45) is 4.20. The van der Waals surface area contributed by atoms with Crippen LogP contribution in [0.2, 0.25) is 0 Å². The molecular formula is C16H18N2O. The zero-order chi connectivity index (χ0) is 13.3. The van der Waals surface area contributed by atoms with Gasteiger partial charge in [-0.05, 0) is 55.3 Å². The van der Waals surface area contributed by atoms with Crippen LogP contribution in [0.4, 0.5) is 0 Å². The van der Waals surface area contributed by atoms with Crippen LogP contribution in [0.1, 0.15) is 17.5 Å². The predicted molar refractivity (Wildman–Crippen MR) is 75.6 cm³/mol. The van der Waals surface area contributed by atoms with Gasteiger partial charge in [0.1, 0.15) is 12.4 Å². The molecule has 19 heavy (non-hydrogen) atoms. The Hall–Kier alpha value is -1.87. The number of hydrogen-bond acceptors (Lipinski definition) is 3. The van der Waals surface area contributed by atoms with Gasteiger partial charge in [-0.1, -0.05) is 12.1 Å². The molecule has 0 fully saturated rings. The van der Waals surface area contributed by atoms with E-state index in [2.05, 4.69) is 22.4 Å². The Morgan fingerprint density at radius 1 is 1.00 bits per heavy atom. The minimum Gasteiger partial charge on any atom is -0.489 e. The van der Waals surface area contributed by atoms with E-state index in [1.54, 1.807) is 12.4 Å². The summed E-state index contributed by atoms with van der Waals surface area (Å²) in [5, 5.41) is 3.26. The third kappa shape index (κ3) is 4.72. The summed E-state index contributed by atoms with van der Waals surface area (Å²) < 4.78 is 5.70. The van der Waals surface area contributed by atoms with Gasteiger partial charge in [0.15, 0.2) is 0 Å². The molecule has 1 heterocycles. The number of ether oxygens (including phenoxy) is 1. The van der Waals surface area contributed by atoms with Gasteiger partial charge in [0.05, 0.1) is 0 Å². The Labute approximate surface area is 114 Å². The highest BCUT2D eigenvalue weighted by Crippen LogP contribution is 2.14. The van der Waals surface area contributed by atoms with Crippen molar-refractivity contribution >= 4 is 0 Å². The van der Waals surface area contributed by atoms with E-state index in [4.69, 9.17) is 11.7 Å². The van der Waals surface area contributed by atoms with E-state index in [9.17, 15) is 0 Å². The van der Waals surface area contributed by atoms with Gasteiger partial charge < -0.3 is 10.1 Å². The minimum absolute atomic E-state index is 0.563. The third-order valence-corrected chi connectivity index (χ3v) is 2.73. The maximum Gasteiger partial charge on any atom is 0.119 e. The lowest BCUT2D eigenvalue weighted by atomic mass is 10.2. The molecule has 1 N–H and O–H groups in total. The zero-order valence-corrected chi connectivity index (χ0v) is 10.9. The molecule has 0 atom stereocenters. The first-order valence-corrected chi connectivity index (χ1v) is 6.40. The van der Waals surface area contributed by atoms with Crippen molar-refractivity contribution in [2.24, 2.45) is 0 Å². The van der Waals surface area contributed by atoms with Crippen LogP contribution < -0.4 is 10.1 Å². The summed E-state index contributed by atoms with van der Waals surface area (Å²) in [5.41, 5.74) is 2.34. The van der Waals surface area contributed by atoms with E-state index >= 15 is 0 Å². The molecule has 1 aromatic heterocycles. The van der Waals surface area contributed by atoms with Crippen molar-refractivity contribution in [2.75, 3.05) is 6.54 Å².